The predicted octanol–water partition coefficient (Wildman–Crippen LogP) is 3.20. The molecule has 0 saturated carbocycles. The zero-order valence-electron chi connectivity index (χ0n) is 10.7. The molecule has 0 spiro atoms. The fourth-order valence-electron chi connectivity index (χ4n) is 2.27. The molecule has 2 nitrogen and oxygen atoms in total. The minimum atomic E-state index is 0.602. The molecule has 94 valence electrons. The topological polar surface area (TPSA) is 12.5 Å². The van der Waals surface area contributed by atoms with Crippen molar-refractivity contribution in [3.8, 4) is 5.75 Å². The maximum absolute atomic E-state index is 5.30. The molecule has 0 radical (unpaired) electrons. The quantitative estimate of drug-likeness (QED) is 0.815. The van der Waals surface area contributed by atoms with E-state index in [1.165, 1.54) is 37.4 Å². The maximum atomic E-state index is 5.30. The standard InChI is InChI=1S/C14H21NOS/c1-3-7-15-8-9-17-14(11-15)12-5-4-6-13(10-12)16-2/h4-6,10,14H,3,7-9,11H2,1-2H3. The number of benzene rings is 1. The van der Waals surface area contributed by atoms with Gasteiger partial charge in [0.15, 0.2) is 0 Å². The van der Waals surface area contributed by atoms with Gasteiger partial charge < -0.3 is 9.64 Å². The predicted molar refractivity (Wildman–Crippen MR) is 74.9 cm³/mol. The number of methoxy groups -OCH3 is 1. The fraction of sp³-hybridized carbons (Fsp3) is 0.571. The van der Waals surface area contributed by atoms with Crippen molar-refractivity contribution < 1.29 is 4.74 Å². The average molecular weight is 251 g/mol. The lowest BCUT2D eigenvalue weighted by atomic mass is 10.1. The third-order valence-electron chi connectivity index (χ3n) is 3.16. The van der Waals surface area contributed by atoms with E-state index in [0.717, 1.165) is 5.75 Å². The van der Waals surface area contributed by atoms with Crippen LogP contribution in [-0.2, 0) is 0 Å². The fourth-order valence-corrected chi connectivity index (χ4v) is 3.57. The van der Waals surface area contributed by atoms with Crippen LogP contribution in [0.1, 0.15) is 24.2 Å². The van der Waals surface area contributed by atoms with Gasteiger partial charge in [-0.2, -0.15) is 11.8 Å². The monoisotopic (exact) mass is 251 g/mol. The first kappa shape index (κ1) is 12.8. The molecule has 1 saturated heterocycles. The Kier molecular flexibility index (Phi) is 4.75. The van der Waals surface area contributed by atoms with Crippen molar-refractivity contribution in [3.05, 3.63) is 29.8 Å². The minimum Gasteiger partial charge on any atom is -0.497 e. The average Bonchev–Trinajstić information content (AvgIpc) is 2.40. The van der Waals surface area contributed by atoms with Gasteiger partial charge >= 0.3 is 0 Å². The Morgan fingerprint density at radius 3 is 3.12 bits per heavy atom. The zero-order chi connectivity index (χ0) is 12.1. The van der Waals surface area contributed by atoms with Gasteiger partial charge in [-0.15, -0.1) is 0 Å². The van der Waals surface area contributed by atoms with Crippen LogP contribution in [0.15, 0.2) is 24.3 Å². The van der Waals surface area contributed by atoms with Crippen LogP contribution in [0.5, 0.6) is 5.75 Å². The highest BCUT2D eigenvalue weighted by molar-refractivity contribution is 7.99. The molecule has 0 aliphatic carbocycles. The van der Waals surface area contributed by atoms with Gasteiger partial charge in [0.25, 0.3) is 0 Å². The van der Waals surface area contributed by atoms with E-state index in [0.29, 0.717) is 5.25 Å². The summed E-state index contributed by atoms with van der Waals surface area (Å²) in [5.41, 5.74) is 1.40. The van der Waals surface area contributed by atoms with E-state index in [4.69, 9.17) is 4.74 Å². The summed E-state index contributed by atoms with van der Waals surface area (Å²) in [5.74, 6) is 2.21. The van der Waals surface area contributed by atoms with Crippen molar-refractivity contribution in [2.45, 2.75) is 18.6 Å². The molecule has 1 aliphatic rings. The van der Waals surface area contributed by atoms with Gasteiger partial charge in [-0.05, 0) is 30.7 Å². The summed E-state index contributed by atoms with van der Waals surface area (Å²) in [6, 6.07) is 8.50. The van der Waals surface area contributed by atoms with Gasteiger partial charge in [-0.3, -0.25) is 0 Å². The van der Waals surface area contributed by atoms with E-state index in [9.17, 15) is 0 Å². The van der Waals surface area contributed by atoms with E-state index >= 15 is 0 Å². The summed E-state index contributed by atoms with van der Waals surface area (Å²) in [5, 5.41) is 0.602. The van der Waals surface area contributed by atoms with Crippen LogP contribution >= 0.6 is 11.8 Å². The molecular formula is C14H21NOS. The molecule has 1 atom stereocenters. The summed E-state index contributed by atoms with van der Waals surface area (Å²) in [7, 11) is 1.73. The molecule has 0 aromatic heterocycles. The van der Waals surface area contributed by atoms with Crippen LogP contribution < -0.4 is 4.74 Å². The lowest BCUT2D eigenvalue weighted by molar-refractivity contribution is 0.284. The van der Waals surface area contributed by atoms with Crippen molar-refractivity contribution in [3.63, 3.8) is 0 Å². The molecule has 1 aromatic rings. The van der Waals surface area contributed by atoms with Crippen LogP contribution in [0.2, 0.25) is 0 Å². The lowest BCUT2D eigenvalue weighted by Crippen LogP contribution is -2.34. The zero-order valence-corrected chi connectivity index (χ0v) is 11.5. The van der Waals surface area contributed by atoms with Gasteiger partial charge in [0.05, 0.1) is 7.11 Å². The first-order chi connectivity index (χ1) is 8.33. The summed E-state index contributed by atoms with van der Waals surface area (Å²) < 4.78 is 5.30. The molecule has 2 rings (SSSR count). The Hall–Kier alpha value is -0.670. The van der Waals surface area contributed by atoms with E-state index in [1.807, 2.05) is 6.07 Å². The number of nitrogens with zero attached hydrogens (tertiary/aromatic N) is 1. The second-order valence-electron chi connectivity index (χ2n) is 4.44. The maximum Gasteiger partial charge on any atom is 0.119 e. The van der Waals surface area contributed by atoms with Crippen LogP contribution in [-0.4, -0.2) is 37.4 Å². The normalized spacial score (nSPS) is 21.4. The highest BCUT2D eigenvalue weighted by Gasteiger charge is 2.21. The second kappa shape index (κ2) is 6.31. The van der Waals surface area contributed by atoms with Crippen molar-refractivity contribution in [1.82, 2.24) is 4.90 Å². The van der Waals surface area contributed by atoms with Crippen molar-refractivity contribution >= 4 is 11.8 Å². The van der Waals surface area contributed by atoms with E-state index in [-0.39, 0.29) is 0 Å². The smallest absolute Gasteiger partial charge is 0.119 e. The number of rotatable bonds is 4. The number of thioether (sulfide) groups is 1. The molecule has 1 heterocycles. The second-order valence-corrected chi connectivity index (χ2v) is 5.75. The van der Waals surface area contributed by atoms with Gasteiger partial charge in [-0.1, -0.05) is 19.1 Å². The molecule has 0 N–H and O–H groups in total. The molecule has 1 fully saturated rings. The molecule has 3 heteroatoms. The summed E-state index contributed by atoms with van der Waals surface area (Å²) >= 11 is 2.07. The van der Waals surface area contributed by atoms with E-state index < -0.39 is 0 Å². The summed E-state index contributed by atoms with van der Waals surface area (Å²) in [6.45, 7) is 5.88. The first-order valence-corrected chi connectivity index (χ1v) is 7.36. The number of hydrogen-bond donors (Lipinski definition) is 0. The Balaban J connectivity index is 2.05. The number of ether oxygens (including phenoxy) is 1. The van der Waals surface area contributed by atoms with E-state index in [2.05, 4.69) is 41.8 Å². The third kappa shape index (κ3) is 3.39. The summed E-state index contributed by atoms with van der Waals surface area (Å²) in [4.78, 5) is 2.57. The molecule has 1 aromatic carbocycles. The van der Waals surface area contributed by atoms with Crippen LogP contribution in [0.4, 0.5) is 0 Å². The van der Waals surface area contributed by atoms with Gasteiger partial charge in [0.2, 0.25) is 0 Å². The molecule has 1 aliphatic heterocycles. The molecule has 17 heavy (non-hydrogen) atoms. The summed E-state index contributed by atoms with van der Waals surface area (Å²) in [6.07, 6.45) is 1.25. The Labute approximate surface area is 108 Å². The van der Waals surface area contributed by atoms with Crippen LogP contribution in [0.3, 0.4) is 0 Å². The van der Waals surface area contributed by atoms with Gasteiger partial charge in [-0.25, -0.2) is 0 Å². The molecule has 0 bridgehead atoms. The van der Waals surface area contributed by atoms with Gasteiger partial charge in [0, 0.05) is 24.1 Å². The Morgan fingerprint density at radius 2 is 2.35 bits per heavy atom. The lowest BCUT2D eigenvalue weighted by Gasteiger charge is -2.32. The molecular weight excluding hydrogens is 230 g/mol. The Morgan fingerprint density at radius 1 is 1.47 bits per heavy atom. The molecule has 0 amide bonds. The number of hydrogen-bond acceptors (Lipinski definition) is 3. The van der Waals surface area contributed by atoms with Crippen LogP contribution in [0.25, 0.3) is 0 Å². The minimum absolute atomic E-state index is 0.602. The van der Waals surface area contributed by atoms with E-state index in [1.54, 1.807) is 7.11 Å². The molecule has 1 unspecified atom stereocenters. The van der Waals surface area contributed by atoms with Crippen molar-refractivity contribution in [2.24, 2.45) is 0 Å². The van der Waals surface area contributed by atoms with Crippen LogP contribution in [0, 0.1) is 0 Å². The third-order valence-corrected chi connectivity index (χ3v) is 4.40. The Bertz CT molecular complexity index is 354. The SMILES string of the molecule is CCCN1CCSC(c2cccc(OC)c2)C1. The largest absolute Gasteiger partial charge is 0.497 e. The van der Waals surface area contributed by atoms with Crippen molar-refractivity contribution in [1.29, 1.82) is 0 Å². The van der Waals surface area contributed by atoms with Gasteiger partial charge in [0.1, 0.15) is 5.75 Å². The highest BCUT2D eigenvalue weighted by atomic mass is 32.2. The first-order valence-electron chi connectivity index (χ1n) is 6.31. The van der Waals surface area contributed by atoms with Crippen molar-refractivity contribution in [2.75, 3.05) is 32.5 Å². The highest BCUT2D eigenvalue weighted by Crippen LogP contribution is 2.34.